The van der Waals surface area contributed by atoms with E-state index in [0.29, 0.717) is 5.15 Å². The number of aromatic nitrogens is 2. The Morgan fingerprint density at radius 1 is 1.17 bits per heavy atom. The molecule has 0 aromatic carbocycles. The van der Waals surface area contributed by atoms with Crippen molar-refractivity contribution in [3.05, 3.63) is 22.2 Å². The molecule has 2 aliphatic rings. The summed E-state index contributed by atoms with van der Waals surface area (Å²) in [5.74, 6) is 0.898. The second-order valence-electron chi connectivity index (χ2n) is 5.41. The van der Waals surface area contributed by atoms with E-state index in [0.717, 1.165) is 44.7 Å². The number of likely N-dealkylation sites (N-methyl/N-ethyl adjacent to an activating group) is 2. The van der Waals surface area contributed by atoms with Crippen LogP contribution in [0, 0.1) is 0 Å². The molecule has 1 aromatic rings. The number of rotatable bonds is 1. The predicted octanol–water partition coefficient (Wildman–Crippen LogP) is 1.54. The molecule has 1 atom stereocenters. The molecular formula is C13H19ClN4. The summed E-state index contributed by atoms with van der Waals surface area (Å²) in [7, 11) is 4.29. The van der Waals surface area contributed by atoms with Gasteiger partial charge in [0, 0.05) is 30.9 Å². The zero-order valence-corrected chi connectivity index (χ0v) is 11.7. The maximum absolute atomic E-state index is 6.29. The quantitative estimate of drug-likeness (QED) is 0.722. The van der Waals surface area contributed by atoms with Gasteiger partial charge in [-0.3, -0.25) is 4.90 Å². The minimum absolute atomic E-state index is 0.271. The normalized spacial score (nSPS) is 25.4. The monoisotopic (exact) mass is 266 g/mol. The SMILES string of the molecule is CN1CCN(C)C(c2nc(Cl)c3c(n2)CCC3)C1. The summed E-state index contributed by atoms with van der Waals surface area (Å²) < 4.78 is 0. The number of aryl methyl sites for hydroxylation is 1. The molecule has 18 heavy (non-hydrogen) atoms. The van der Waals surface area contributed by atoms with Gasteiger partial charge in [-0.1, -0.05) is 11.6 Å². The first-order valence-corrected chi connectivity index (χ1v) is 6.97. The molecule has 1 aliphatic heterocycles. The summed E-state index contributed by atoms with van der Waals surface area (Å²) in [5, 5.41) is 0.675. The number of hydrogen-bond acceptors (Lipinski definition) is 4. The first-order valence-electron chi connectivity index (χ1n) is 6.59. The fraction of sp³-hybridized carbons (Fsp3) is 0.692. The van der Waals surface area contributed by atoms with Crippen LogP contribution in [0.4, 0.5) is 0 Å². The molecule has 98 valence electrons. The molecule has 4 nitrogen and oxygen atoms in total. The van der Waals surface area contributed by atoms with Gasteiger partial charge in [-0.25, -0.2) is 9.97 Å². The second kappa shape index (κ2) is 4.76. The van der Waals surface area contributed by atoms with Gasteiger partial charge in [0.25, 0.3) is 0 Å². The molecule has 5 heteroatoms. The predicted molar refractivity (Wildman–Crippen MR) is 71.9 cm³/mol. The largest absolute Gasteiger partial charge is 0.303 e. The molecule has 1 aromatic heterocycles. The molecule has 1 fully saturated rings. The molecule has 0 N–H and O–H groups in total. The molecule has 1 unspecified atom stereocenters. The smallest absolute Gasteiger partial charge is 0.148 e. The third-order valence-corrected chi connectivity index (χ3v) is 4.36. The molecule has 0 spiro atoms. The van der Waals surface area contributed by atoms with Crippen molar-refractivity contribution in [2.24, 2.45) is 0 Å². The highest BCUT2D eigenvalue weighted by molar-refractivity contribution is 6.30. The van der Waals surface area contributed by atoms with Gasteiger partial charge in [-0.05, 0) is 33.4 Å². The van der Waals surface area contributed by atoms with Crippen molar-refractivity contribution in [2.75, 3.05) is 33.7 Å². The fourth-order valence-electron chi connectivity index (χ4n) is 2.84. The number of halogens is 1. The van der Waals surface area contributed by atoms with Crippen LogP contribution in [-0.2, 0) is 12.8 Å². The zero-order chi connectivity index (χ0) is 12.7. The third-order valence-electron chi connectivity index (χ3n) is 4.05. The first kappa shape index (κ1) is 12.3. The lowest BCUT2D eigenvalue weighted by molar-refractivity contribution is 0.109. The highest BCUT2D eigenvalue weighted by Crippen LogP contribution is 2.29. The van der Waals surface area contributed by atoms with Gasteiger partial charge in [0.05, 0.1) is 6.04 Å². The summed E-state index contributed by atoms with van der Waals surface area (Å²) in [4.78, 5) is 14.0. The van der Waals surface area contributed by atoms with Gasteiger partial charge in [0.1, 0.15) is 11.0 Å². The molecule has 0 bridgehead atoms. The minimum atomic E-state index is 0.271. The van der Waals surface area contributed by atoms with Gasteiger partial charge in [-0.15, -0.1) is 0 Å². The van der Waals surface area contributed by atoms with Gasteiger partial charge < -0.3 is 4.90 Å². The van der Waals surface area contributed by atoms with E-state index in [2.05, 4.69) is 28.9 Å². The van der Waals surface area contributed by atoms with Crippen molar-refractivity contribution in [1.29, 1.82) is 0 Å². The van der Waals surface area contributed by atoms with Crippen molar-refractivity contribution >= 4 is 11.6 Å². The van der Waals surface area contributed by atoms with Crippen LogP contribution in [0.1, 0.15) is 29.5 Å². The molecular weight excluding hydrogens is 248 g/mol. The number of hydrogen-bond donors (Lipinski definition) is 0. The number of fused-ring (bicyclic) bond motifs is 1. The van der Waals surface area contributed by atoms with Crippen molar-refractivity contribution in [3.63, 3.8) is 0 Å². The average molecular weight is 267 g/mol. The lowest BCUT2D eigenvalue weighted by Gasteiger charge is -2.36. The second-order valence-corrected chi connectivity index (χ2v) is 5.77. The van der Waals surface area contributed by atoms with Crippen LogP contribution < -0.4 is 0 Å². The Balaban J connectivity index is 1.94. The van der Waals surface area contributed by atoms with Gasteiger partial charge in [0.15, 0.2) is 0 Å². The summed E-state index contributed by atoms with van der Waals surface area (Å²) in [5.41, 5.74) is 2.35. The maximum Gasteiger partial charge on any atom is 0.148 e. The van der Waals surface area contributed by atoms with E-state index in [1.165, 1.54) is 11.3 Å². The van der Waals surface area contributed by atoms with Crippen LogP contribution in [0.5, 0.6) is 0 Å². The van der Waals surface area contributed by atoms with E-state index >= 15 is 0 Å². The highest BCUT2D eigenvalue weighted by atomic mass is 35.5. The third kappa shape index (κ3) is 2.13. The number of nitrogens with zero attached hydrogens (tertiary/aromatic N) is 4. The molecule has 0 radical (unpaired) electrons. The van der Waals surface area contributed by atoms with Crippen molar-refractivity contribution in [2.45, 2.75) is 25.3 Å². The summed E-state index contributed by atoms with van der Waals surface area (Å²) >= 11 is 6.29. The van der Waals surface area contributed by atoms with Crippen LogP contribution in [0.25, 0.3) is 0 Å². The van der Waals surface area contributed by atoms with E-state index < -0.39 is 0 Å². The van der Waals surface area contributed by atoms with E-state index in [1.54, 1.807) is 0 Å². The molecule has 0 saturated carbocycles. The first-order chi connectivity index (χ1) is 8.65. The van der Waals surface area contributed by atoms with E-state index in [9.17, 15) is 0 Å². The Morgan fingerprint density at radius 2 is 2.00 bits per heavy atom. The van der Waals surface area contributed by atoms with Crippen LogP contribution >= 0.6 is 11.6 Å². The van der Waals surface area contributed by atoms with E-state index in [-0.39, 0.29) is 6.04 Å². The Bertz CT molecular complexity index is 463. The fourth-order valence-corrected chi connectivity index (χ4v) is 3.13. The Morgan fingerprint density at radius 3 is 2.83 bits per heavy atom. The van der Waals surface area contributed by atoms with E-state index in [4.69, 9.17) is 16.6 Å². The molecule has 1 aliphatic carbocycles. The van der Waals surface area contributed by atoms with Crippen LogP contribution in [-0.4, -0.2) is 53.5 Å². The van der Waals surface area contributed by atoms with Gasteiger partial charge in [-0.2, -0.15) is 0 Å². The van der Waals surface area contributed by atoms with Crippen LogP contribution in [0.3, 0.4) is 0 Å². The Hall–Kier alpha value is -0.710. The van der Waals surface area contributed by atoms with Gasteiger partial charge >= 0.3 is 0 Å². The lowest BCUT2D eigenvalue weighted by atomic mass is 10.1. The van der Waals surface area contributed by atoms with Crippen molar-refractivity contribution < 1.29 is 0 Å². The topological polar surface area (TPSA) is 32.3 Å². The molecule has 0 amide bonds. The molecule has 1 saturated heterocycles. The van der Waals surface area contributed by atoms with Crippen LogP contribution in [0.15, 0.2) is 0 Å². The van der Waals surface area contributed by atoms with Crippen molar-refractivity contribution in [3.8, 4) is 0 Å². The number of piperazine rings is 1. The lowest BCUT2D eigenvalue weighted by Crippen LogP contribution is -2.45. The molecule has 3 rings (SSSR count). The summed E-state index contributed by atoms with van der Waals surface area (Å²) in [6.45, 7) is 3.14. The molecule has 2 heterocycles. The van der Waals surface area contributed by atoms with E-state index in [1.807, 2.05) is 0 Å². The highest BCUT2D eigenvalue weighted by Gasteiger charge is 2.28. The minimum Gasteiger partial charge on any atom is -0.303 e. The standard InChI is InChI=1S/C13H19ClN4/c1-17-6-7-18(2)11(8-17)13-15-10-5-3-4-9(10)12(14)16-13/h11H,3-8H2,1-2H3. The van der Waals surface area contributed by atoms with Gasteiger partial charge in [0.2, 0.25) is 0 Å². The van der Waals surface area contributed by atoms with Crippen molar-refractivity contribution in [1.82, 2.24) is 19.8 Å². The Labute approximate surface area is 113 Å². The van der Waals surface area contributed by atoms with Crippen LogP contribution in [0.2, 0.25) is 5.15 Å². The Kier molecular flexibility index (Phi) is 3.26. The zero-order valence-electron chi connectivity index (χ0n) is 11.0. The summed E-state index contributed by atoms with van der Waals surface area (Å²) in [6.07, 6.45) is 3.25. The average Bonchev–Trinajstić information content (AvgIpc) is 2.81. The summed E-state index contributed by atoms with van der Waals surface area (Å²) in [6, 6.07) is 0.271. The maximum atomic E-state index is 6.29.